The van der Waals surface area contributed by atoms with Gasteiger partial charge in [0.25, 0.3) is 5.91 Å². The van der Waals surface area contributed by atoms with Gasteiger partial charge in [0.1, 0.15) is 6.10 Å². The molecule has 0 fully saturated rings. The average Bonchev–Trinajstić information content (AvgIpc) is 3.21. The van der Waals surface area contributed by atoms with Crippen LogP contribution in [-0.2, 0) is 11.3 Å². The van der Waals surface area contributed by atoms with E-state index in [4.69, 9.17) is 14.5 Å². The Bertz CT molecular complexity index is 1280. The lowest BCUT2D eigenvalue weighted by atomic mass is 10.1. The van der Waals surface area contributed by atoms with Gasteiger partial charge in [-0.1, -0.05) is 59.9 Å². The third-order valence-corrected chi connectivity index (χ3v) is 6.61. The average molecular weight is 445 g/mol. The van der Waals surface area contributed by atoms with Gasteiger partial charge >= 0.3 is 0 Å². The van der Waals surface area contributed by atoms with Crippen LogP contribution >= 0.6 is 11.3 Å². The molecule has 5 nitrogen and oxygen atoms in total. The standard InChI is InChI=1S/C26H24N2O3S/c1-16-13-17(2)23-22(14-16)32-26(27-23)28(15-19-9-5-4-6-10-19)25(29)24-18(3)30-20-11-7-8-12-21(20)31-24/h4-14,18,24H,15H2,1-3H3. The van der Waals surface area contributed by atoms with Crippen LogP contribution in [0.3, 0.4) is 0 Å². The molecule has 162 valence electrons. The minimum Gasteiger partial charge on any atom is -0.482 e. The molecule has 0 spiro atoms. The van der Waals surface area contributed by atoms with Crippen molar-refractivity contribution in [3.8, 4) is 11.5 Å². The molecule has 1 aliphatic rings. The highest BCUT2D eigenvalue weighted by Gasteiger charge is 2.38. The van der Waals surface area contributed by atoms with Gasteiger partial charge in [0.2, 0.25) is 6.10 Å². The van der Waals surface area contributed by atoms with Gasteiger partial charge in [-0.2, -0.15) is 0 Å². The Balaban J connectivity index is 1.54. The fourth-order valence-corrected chi connectivity index (χ4v) is 5.17. The van der Waals surface area contributed by atoms with Gasteiger partial charge in [0.05, 0.1) is 16.8 Å². The number of carbonyl (C=O) groups is 1. The Morgan fingerprint density at radius 1 is 1.00 bits per heavy atom. The van der Waals surface area contributed by atoms with Crippen molar-refractivity contribution in [1.29, 1.82) is 0 Å². The van der Waals surface area contributed by atoms with Gasteiger partial charge in [0.15, 0.2) is 16.6 Å². The molecule has 3 aromatic carbocycles. The molecule has 0 saturated heterocycles. The Hall–Kier alpha value is -3.38. The van der Waals surface area contributed by atoms with Gasteiger partial charge in [-0.3, -0.25) is 9.69 Å². The molecule has 2 unspecified atom stereocenters. The third-order valence-electron chi connectivity index (χ3n) is 5.58. The summed E-state index contributed by atoms with van der Waals surface area (Å²) in [6, 6.07) is 21.6. The summed E-state index contributed by atoms with van der Waals surface area (Å²) in [4.78, 5) is 20.4. The summed E-state index contributed by atoms with van der Waals surface area (Å²) in [6.45, 7) is 6.40. The van der Waals surface area contributed by atoms with Crippen LogP contribution in [-0.4, -0.2) is 23.1 Å². The van der Waals surface area contributed by atoms with Crippen molar-refractivity contribution in [3.63, 3.8) is 0 Å². The van der Waals surface area contributed by atoms with Crippen LogP contribution in [0.2, 0.25) is 0 Å². The highest BCUT2D eigenvalue weighted by Crippen LogP contribution is 2.36. The molecule has 4 aromatic rings. The van der Waals surface area contributed by atoms with E-state index in [0.717, 1.165) is 21.3 Å². The monoisotopic (exact) mass is 444 g/mol. The lowest BCUT2D eigenvalue weighted by molar-refractivity contribution is -0.130. The zero-order chi connectivity index (χ0) is 22.2. The summed E-state index contributed by atoms with van der Waals surface area (Å²) in [5.74, 6) is 1.08. The first-order valence-electron chi connectivity index (χ1n) is 10.6. The Kier molecular flexibility index (Phi) is 5.31. The lowest BCUT2D eigenvalue weighted by Crippen LogP contribution is -2.50. The molecular formula is C26H24N2O3S. The number of aryl methyl sites for hydroxylation is 2. The van der Waals surface area contributed by atoms with Gasteiger partial charge in [0, 0.05) is 0 Å². The number of anilines is 1. The van der Waals surface area contributed by atoms with Crippen LogP contribution in [0.15, 0.2) is 66.7 Å². The molecule has 32 heavy (non-hydrogen) atoms. The number of thiazole rings is 1. The first-order chi connectivity index (χ1) is 15.5. The predicted molar refractivity (Wildman–Crippen MR) is 128 cm³/mol. The highest BCUT2D eigenvalue weighted by molar-refractivity contribution is 7.22. The minimum atomic E-state index is -0.761. The summed E-state index contributed by atoms with van der Waals surface area (Å²) in [7, 11) is 0. The second-order valence-corrected chi connectivity index (χ2v) is 9.15. The predicted octanol–water partition coefficient (Wildman–Crippen LogP) is 5.67. The van der Waals surface area contributed by atoms with Gasteiger partial charge in [-0.05, 0) is 55.7 Å². The number of para-hydroxylation sites is 2. The lowest BCUT2D eigenvalue weighted by Gasteiger charge is -2.33. The van der Waals surface area contributed by atoms with E-state index in [2.05, 4.69) is 26.0 Å². The SMILES string of the molecule is Cc1cc(C)c2nc(N(Cc3ccccc3)C(=O)C3Oc4ccccc4OC3C)sc2c1. The Labute approximate surface area is 191 Å². The van der Waals surface area contributed by atoms with E-state index in [1.807, 2.05) is 61.5 Å². The number of rotatable bonds is 4. The number of amides is 1. The number of fused-ring (bicyclic) bond motifs is 2. The summed E-state index contributed by atoms with van der Waals surface area (Å²) in [6.07, 6.45) is -1.18. The Morgan fingerprint density at radius 3 is 2.44 bits per heavy atom. The van der Waals surface area contributed by atoms with E-state index < -0.39 is 12.2 Å². The van der Waals surface area contributed by atoms with Crippen molar-refractivity contribution in [1.82, 2.24) is 4.98 Å². The molecule has 1 aliphatic heterocycles. The summed E-state index contributed by atoms with van der Waals surface area (Å²) < 4.78 is 13.2. The van der Waals surface area contributed by atoms with Gasteiger partial charge < -0.3 is 9.47 Å². The number of benzene rings is 3. The molecule has 2 heterocycles. The van der Waals surface area contributed by atoms with Crippen LogP contribution in [0.5, 0.6) is 11.5 Å². The second-order valence-electron chi connectivity index (χ2n) is 8.14. The number of hydrogen-bond donors (Lipinski definition) is 0. The van der Waals surface area contributed by atoms with Crippen molar-refractivity contribution < 1.29 is 14.3 Å². The molecule has 0 aliphatic carbocycles. The van der Waals surface area contributed by atoms with Gasteiger partial charge in [-0.15, -0.1) is 0 Å². The van der Waals surface area contributed by atoms with Crippen molar-refractivity contribution >= 4 is 32.6 Å². The number of nitrogens with zero attached hydrogens (tertiary/aromatic N) is 2. The summed E-state index contributed by atoms with van der Waals surface area (Å²) >= 11 is 1.53. The molecule has 2 atom stereocenters. The number of hydrogen-bond acceptors (Lipinski definition) is 5. The third kappa shape index (κ3) is 3.82. The first kappa shape index (κ1) is 20.5. The van der Waals surface area contributed by atoms with Crippen molar-refractivity contribution in [2.75, 3.05) is 4.90 Å². The number of carbonyl (C=O) groups excluding carboxylic acids is 1. The van der Waals surface area contributed by atoms with Crippen molar-refractivity contribution in [3.05, 3.63) is 83.4 Å². The smallest absolute Gasteiger partial charge is 0.274 e. The quantitative estimate of drug-likeness (QED) is 0.407. The minimum absolute atomic E-state index is 0.163. The van der Waals surface area contributed by atoms with E-state index in [-0.39, 0.29) is 5.91 Å². The van der Waals surface area contributed by atoms with Crippen LogP contribution < -0.4 is 14.4 Å². The number of ether oxygens (including phenoxy) is 2. The molecule has 5 rings (SSSR count). The zero-order valence-corrected chi connectivity index (χ0v) is 19.1. The van der Waals surface area contributed by atoms with Crippen LogP contribution in [0.1, 0.15) is 23.6 Å². The maximum Gasteiger partial charge on any atom is 0.274 e. The van der Waals surface area contributed by atoms with E-state index in [0.29, 0.717) is 23.2 Å². The summed E-state index contributed by atoms with van der Waals surface area (Å²) in [5, 5.41) is 0.664. The van der Waals surface area contributed by atoms with E-state index in [9.17, 15) is 4.79 Å². The fourth-order valence-electron chi connectivity index (χ4n) is 4.02. The Morgan fingerprint density at radius 2 is 1.69 bits per heavy atom. The van der Waals surface area contributed by atoms with Crippen molar-refractivity contribution in [2.24, 2.45) is 0 Å². The normalized spacial score (nSPS) is 17.3. The second kappa shape index (κ2) is 8.28. The topological polar surface area (TPSA) is 51.7 Å². The maximum absolute atomic E-state index is 13.8. The molecular weight excluding hydrogens is 420 g/mol. The van der Waals surface area contributed by atoms with Crippen LogP contribution in [0.25, 0.3) is 10.2 Å². The number of aromatic nitrogens is 1. The first-order valence-corrected chi connectivity index (χ1v) is 11.5. The van der Waals surface area contributed by atoms with E-state index in [1.165, 1.54) is 16.9 Å². The molecule has 1 aromatic heterocycles. The maximum atomic E-state index is 13.8. The molecule has 6 heteroatoms. The van der Waals surface area contributed by atoms with Crippen LogP contribution in [0, 0.1) is 13.8 Å². The molecule has 0 radical (unpaired) electrons. The molecule has 1 amide bonds. The van der Waals surface area contributed by atoms with E-state index >= 15 is 0 Å². The largest absolute Gasteiger partial charge is 0.482 e. The highest BCUT2D eigenvalue weighted by atomic mass is 32.1. The zero-order valence-electron chi connectivity index (χ0n) is 18.2. The van der Waals surface area contributed by atoms with E-state index in [1.54, 1.807) is 4.90 Å². The summed E-state index contributed by atoms with van der Waals surface area (Å²) in [5.41, 5.74) is 4.24. The van der Waals surface area contributed by atoms with Crippen molar-refractivity contribution in [2.45, 2.75) is 39.5 Å². The van der Waals surface area contributed by atoms with Gasteiger partial charge in [-0.25, -0.2) is 4.98 Å². The molecule has 0 N–H and O–H groups in total. The molecule has 0 bridgehead atoms. The fraction of sp³-hybridized carbons (Fsp3) is 0.231. The van der Waals surface area contributed by atoms with Crippen LogP contribution in [0.4, 0.5) is 5.13 Å². The molecule has 0 saturated carbocycles.